The van der Waals surface area contributed by atoms with E-state index in [1.54, 1.807) is 25.1 Å². The fraction of sp³-hybridized carbons (Fsp3) is 0.500. The third-order valence-electron chi connectivity index (χ3n) is 4.85. The van der Waals surface area contributed by atoms with E-state index in [0.717, 1.165) is 0 Å². The summed E-state index contributed by atoms with van der Waals surface area (Å²) in [4.78, 5) is 0.129. The molecule has 2 rings (SSSR count). The first-order valence-corrected chi connectivity index (χ1v) is 11.7. The van der Waals surface area contributed by atoms with Crippen LogP contribution < -0.4 is 4.74 Å². The van der Waals surface area contributed by atoms with Crippen LogP contribution in [0, 0.1) is 11.3 Å². The zero-order valence-electron chi connectivity index (χ0n) is 18.8. The Morgan fingerprint density at radius 3 is 2.00 bits per heavy atom. The topological polar surface area (TPSA) is 61.8 Å². The molecule has 5 nitrogen and oxygen atoms in total. The summed E-state index contributed by atoms with van der Waals surface area (Å²) >= 11 is 0. The monoisotopic (exact) mass is 434 g/mol. The number of ether oxygens (including phenoxy) is 2. The van der Waals surface area contributed by atoms with Crippen LogP contribution in [0.5, 0.6) is 5.75 Å². The van der Waals surface area contributed by atoms with Gasteiger partial charge in [-0.25, -0.2) is 0 Å². The van der Waals surface area contributed by atoms with Crippen molar-refractivity contribution < 1.29 is 22.1 Å². The van der Waals surface area contributed by atoms with E-state index in [1.807, 2.05) is 12.1 Å². The van der Waals surface area contributed by atoms with Gasteiger partial charge in [0.1, 0.15) is 5.75 Å². The number of hydrogen-bond donors (Lipinski definition) is 0. The minimum absolute atomic E-state index is 0.0779. The minimum atomic E-state index is -3.77. The lowest BCUT2D eigenvalue weighted by Gasteiger charge is -2.34. The molecule has 0 saturated carbocycles. The van der Waals surface area contributed by atoms with Crippen molar-refractivity contribution in [2.75, 3.05) is 13.2 Å². The van der Waals surface area contributed by atoms with Gasteiger partial charge in [-0.1, -0.05) is 65.0 Å². The second kappa shape index (κ2) is 10.4. The van der Waals surface area contributed by atoms with Crippen molar-refractivity contribution in [3.63, 3.8) is 0 Å². The lowest BCUT2D eigenvalue weighted by atomic mass is 9.70. The van der Waals surface area contributed by atoms with Gasteiger partial charge in [0.2, 0.25) is 0 Å². The van der Waals surface area contributed by atoms with E-state index in [4.69, 9.17) is 13.7 Å². The van der Waals surface area contributed by atoms with Gasteiger partial charge < -0.3 is 9.47 Å². The first-order valence-electron chi connectivity index (χ1n) is 10.3. The smallest absolute Gasteiger partial charge is 0.297 e. The fourth-order valence-electron chi connectivity index (χ4n) is 3.88. The van der Waals surface area contributed by atoms with Crippen LogP contribution in [0.15, 0.2) is 59.5 Å². The Balaban J connectivity index is 1.83. The molecule has 0 aliphatic rings. The van der Waals surface area contributed by atoms with Crippen molar-refractivity contribution in [3.05, 3.63) is 60.2 Å². The molecule has 6 heteroatoms. The Labute approximate surface area is 181 Å². The number of rotatable bonds is 10. The normalized spacial score (nSPS) is 14.5. The maximum atomic E-state index is 12.1. The molecule has 2 aromatic carbocycles. The summed E-state index contributed by atoms with van der Waals surface area (Å²) in [5.74, 6) is 1.69. The van der Waals surface area contributed by atoms with E-state index >= 15 is 0 Å². The molecule has 0 aromatic heterocycles. The quantitative estimate of drug-likeness (QED) is 0.276. The lowest BCUT2D eigenvalue weighted by molar-refractivity contribution is -0.0735. The average molecular weight is 435 g/mol. The van der Waals surface area contributed by atoms with E-state index in [2.05, 4.69) is 46.8 Å². The molecule has 0 fully saturated rings. The Morgan fingerprint density at radius 1 is 0.867 bits per heavy atom. The second-order valence-corrected chi connectivity index (χ2v) is 10.4. The molecule has 2 unspecified atom stereocenters. The first kappa shape index (κ1) is 24.4. The van der Waals surface area contributed by atoms with Crippen LogP contribution >= 0.6 is 0 Å². The number of benzene rings is 2. The predicted octanol–water partition coefficient (Wildman–Crippen LogP) is 5.62. The van der Waals surface area contributed by atoms with Gasteiger partial charge in [0.25, 0.3) is 10.1 Å². The zero-order chi connectivity index (χ0) is 22.4. The Kier molecular flexibility index (Phi) is 8.47. The van der Waals surface area contributed by atoms with Crippen LogP contribution in [0.4, 0.5) is 0 Å². The summed E-state index contributed by atoms with van der Waals surface area (Å²) in [6.45, 7) is 13.1. The van der Waals surface area contributed by atoms with Crippen LogP contribution in [0.3, 0.4) is 0 Å². The van der Waals surface area contributed by atoms with E-state index in [9.17, 15) is 8.42 Å². The number of hydrogen-bond acceptors (Lipinski definition) is 5. The summed E-state index contributed by atoms with van der Waals surface area (Å²) in [7, 11) is -3.77. The molecule has 0 spiro atoms. The molecular weight excluding hydrogens is 400 g/mol. The molecule has 0 heterocycles. The first-order chi connectivity index (χ1) is 14.0. The highest BCUT2D eigenvalue weighted by atomic mass is 32.2. The standard InChI is InChI=1S/C24H34O5S/c1-18(2)23(24(4,5)6)20-12-14-21(15-13-20)29-19(3)27-16-17-28-30(25,26)22-10-8-7-9-11-22/h7-15,18-19,23H,16-17H2,1-6H3. The van der Waals surface area contributed by atoms with Gasteiger partial charge in [0.15, 0.2) is 6.29 Å². The Morgan fingerprint density at radius 2 is 1.47 bits per heavy atom. The van der Waals surface area contributed by atoms with Gasteiger partial charge >= 0.3 is 0 Å². The van der Waals surface area contributed by atoms with Crippen molar-refractivity contribution >= 4 is 10.1 Å². The van der Waals surface area contributed by atoms with Gasteiger partial charge in [-0.05, 0) is 54.0 Å². The maximum Gasteiger partial charge on any atom is 0.297 e. The van der Waals surface area contributed by atoms with Crippen molar-refractivity contribution in [2.24, 2.45) is 11.3 Å². The summed E-state index contributed by atoms with van der Waals surface area (Å²) in [5, 5.41) is 0. The predicted molar refractivity (Wildman–Crippen MR) is 119 cm³/mol. The van der Waals surface area contributed by atoms with Crippen LogP contribution in [-0.4, -0.2) is 27.9 Å². The summed E-state index contributed by atoms with van der Waals surface area (Å²) in [6.07, 6.45) is -0.526. The molecule has 166 valence electrons. The minimum Gasteiger partial charge on any atom is -0.465 e. The van der Waals surface area contributed by atoms with Crippen molar-refractivity contribution in [1.82, 2.24) is 0 Å². The van der Waals surface area contributed by atoms with Gasteiger partial charge in [0.05, 0.1) is 18.1 Å². The molecule has 2 atom stereocenters. The molecule has 0 amide bonds. The average Bonchev–Trinajstić information content (AvgIpc) is 2.66. The van der Waals surface area contributed by atoms with Gasteiger partial charge in [-0.15, -0.1) is 0 Å². The summed E-state index contributed by atoms with van der Waals surface area (Å²) in [6, 6.07) is 16.2. The Hall–Kier alpha value is -1.89. The third kappa shape index (κ3) is 7.11. The summed E-state index contributed by atoms with van der Waals surface area (Å²) in [5.41, 5.74) is 1.46. The second-order valence-electron chi connectivity index (χ2n) is 8.80. The molecule has 0 radical (unpaired) electrons. The van der Waals surface area contributed by atoms with Crippen LogP contribution in [-0.2, 0) is 19.0 Å². The van der Waals surface area contributed by atoms with Crippen molar-refractivity contribution in [3.8, 4) is 5.75 Å². The largest absolute Gasteiger partial charge is 0.465 e. The maximum absolute atomic E-state index is 12.1. The van der Waals surface area contributed by atoms with E-state index < -0.39 is 16.4 Å². The molecule has 0 aliphatic carbocycles. The highest BCUT2D eigenvalue weighted by molar-refractivity contribution is 7.86. The van der Waals surface area contributed by atoms with Gasteiger partial charge in [-0.2, -0.15) is 8.42 Å². The van der Waals surface area contributed by atoms with E-state index in [0.29, 0.717) is 17.6 Å². The SMILES string of the molecule is CC(OCCOS(=O)(=O)c1ccccc1)Oc1ccc(C(C(C)C)C(C)(C)C)cc1. The molecule has 0 N–H and O–H groups in total. The summed E-state index contributed by atoms with van der Waals surface area (Å²) < 4.78 is 40.5. The molecule has 0 bridgehead atoms. The Bertz CT molecular complexity index is 868. The van der Waals surface area contributed by atoms with Crippen LogP contribution in [0.25, 0.3) is 0 Å². The van der Waals surface area contributed by atoms with Crippen molar-refractivity contribution in [1.29, 1.82) is 0 Å². The molecule has 30 heavy (non-hydrogen) atoms. The molecular formula is C24H34O5S. The fourth-order valence-corrected chi connectivity index (χ4v) is 4.79. The molecule has 2 aromatic rings. The zero-order valence-corrected chi connectivity index (χ0v) is 19.6. The van der Waals surface area contributed by atoms with E-state index in [1.165, 1.54) is 17.7 Å². The van der Waals surface area contributed by atoms with Gasteiger partial charge in [0, 0.05) is 0 Å². The van der Waals surface area contributed by atoms with Gasteiger partial charge in [-0.3, -0.25) is 4.18 Å². The van der Waals surface area contributed by atoms with E-state index in [-0.39, 0.29) is 23.5 Å². The molecule has 0 aliphatic heterocycles. The highest BCUT2D eigenvalue weighted by Crippen LogP contribution is 2.40. The van der Waals surface area contributed by atoms with Crippen LogP contribution in [0.1, 0.15) is 53.0 Å². The third-order valence-corrected chi connectivity index (χ3v) is 6.17. The molecule has 0 saturated heterocycles. The van der Waals surface area contributed by atoms with Crippen molar-refractivity contribution in [2.45, 2.75) is 58.6 Å². The lowest BCUT2D eigenvalue weighted by Crippen LogP contribution is -2.23. The van der Waals surface area contributed by atoms with Crippen LogP contribution in [0.2, 0.25) is 0 Å². The highest BCUT2D eigenvalue weighted by Gasteiger charge is 2.28.